The van der Waals surface area contributed by atoms with Gasteiger partial charge in [-0.15, -0.1) is 0 Å². The number of pyridine rings is 1. The van der Waals surface area contributed by atoms with Gasteiger partial charge in [0.15, 0.2) is 0 Å². The molecule has 0 spiro atoms. The Labute approximate surface area is 147 Å². The molecule has 6 heteroatoms. The largest absolute Gasteiger partial charge is 1.00 e. The molecule has 0 aliphatic rings. The summed E-state index contributed by atoms with van der Waals surface area (Å²) in [7, 11) is 0. The number of hydrogen-bond donors (Lipinski definition) is 0. The summed E-state index contributed by atoms with van der Waals surface area (Å²) < 4.78 is 34.7. The van der Waals surface area contributed by atoms with Gasteiger partial charge < -0.3 is 4.55 Å². The number of aromatic nitrogens is 1. The van der Waals surface area contributed by atoms with E-state index in [0.29, 0.717) is 11.1 Å². The number of aryl methyl sites for hydroxylation is 1. The van der Waals surface area contributed by atoms with Crippen molar-refractivity contribution in [3.05, 3.63) is 65.2 Å². The normalized spacial score (nSPS) is 11.0. The number of rotatable bonds is 3. The van der Waals surface area contributed by atoms with Crippen LogP contribution in [0.2, 0.25) is 0 Å². The van der Waals surface area contributed by atoms with Gasteiger partial charge in [-0.05, 0) is 36.2 Å². The van der Waals surface area contributed by atoms with Crippen LogP contribution in [0.25, 0.3) is 0 Å². The molecule has 21 heavy (non-hydrogen) atoms. The third-order valence-electron chi connectivity index (χ3n) is 2.60. The van der Waals surface area contributed by atoms with Crippen LogP contribution in [0.1, 0.15) is 16.7 Å². The molecule has 3 nitrogen and oxygen atoms in total. The molecule has 1 heterocycles. The summed E-state index contributed by atoms with van der Waals surface area (Å²) >= 11 is -2.16. The smallest absolute Gasteiger partial charge is 0.772 e. The number of halogens is 1. The summed E-state index contributed by atoms with van der Waals surface area (Å²) in [6, 6.07) is 8.14. The molecule has 1 atom stereocenters. The quantitative estimate of drug-likeness (QED) is 0.417. The molecule has 0 fully saturated rings. The molecule has 2 aromatic rings. The summed E-state index contributed by atoms with van der Waals surface area (Å²) in [5, 5.41) is 0. The van der Waals surface area contributed by atoms with Crippen LogP contribution in [-0.4, -0.2) is 19.5 Å². The Bertz CT molecular complexity index is 683. The van der Waals surface area contributed by atoms with Crippen LogP contribution in [0, 0.1) is 17.7 Å². The summed E-state index contributed by atoms with van der Waals surface area (Å²) in [4.78, 5) is 3.93. The Morgan fingerprint density at radius 1 is 1.24 bits per heavy atom. The predicted molar refractivity (Wildman–Crippen MR) is 74.1 cm³/mol. The van der Waals surface area contributed by atoms with Gasteiger partial charge in [-0.25, -0.2) is 4.39 Å². The molecule has 1 unspecified atom stereocenters. The van der Waals surface area contributed by atoms with Crippen molar-refractivity contribution in [3.8, 4) is 11.8 Å². The fourth-order valence-corrected chi connectivity index (χ4v) is 1.99. The molecule has 102 valence electrons. The van der Waals surface area contributed by atoms with Gasteiger partial charge in [0.25, 0.3) is 0 Å². The minimum atomic E-state index is -2.16. The zero-order valence-electron chi connectivity index (χ0n) is 11.5. The van der Waals surface area contributed by atoms with E-state index in [-0.39, 0.29) is 41.7 Å². The molecule has 0 N–H and O–H groups in total. The molecule has 0 aliphatic carbocycles. The van der Waals surface area contributed by atoms with Crippen molar-refractivity contribution < 1.29 is 42.7 Å². The van der Waals surface area contributed by atoms with E-state index in [1.54, 1.807) is 30.6 Å². The van der Waals surface area contributed by atoms with E-state index < -0.39 is 16.9 Å². The number of nitrogens with zero attached hydrogens (tertiary/aromatic N) is 1. The molecule has 0 saturated carbocycles. The average Bonchev–Trinajstić information content (AvgIpc) is 2.45. The zero-order chi connectivity index (χ0) is 14.4. The van der Waals surface area contributed by atoms with Crippen molar-refractivity contribution in [2.24, 2.45) is 0 Å². The Morgan fingerprint density at radius 2 is 2.00 bits per heavy atom. The minimum Gasteiger partial charge on any atom is -0.772 e. The third kappa shape index (κ3) is 6.08. The van der Waals surface area contributed by atoms with Crippen molar-refractivity contribution in [1.29, 1.82) is 0 Å². The third-order valence-corrected chi connectivity index (χ3v) is 3.14. The minimum absolute atomic E-state index is 0. The van der Waals surface area contributed by atoms with E-state index in [1.807, 2.05) is 6.07 Å². The first-order valence-electron chi connectivity index (χ1n) is 5.91. The van der Waals surface area contributed by atoms with Gasteiger partial charge in [0.1, 0.15) is 5.82 Å². The second-order valence-corrected chi connectivity index (χ2v) is 5.07. The van der Waals surface area contributed by atoms with Gasteiger partial charge in [-0.3, -0.25) is 9.19 Å². The number of benzene rings is 1. The Hall–Kier alpha value is -1.03. The van der Waals surface area contributed by atoms with E-state index in [0.717, 1.165) is 5.56 Å². The molecule has 1 aromatic heterocycles. The van der Waals surface area contributed by atoms with Gasteiger partial charge in [0.2, 0.25) is 0 Å². The van der Waals surface area contributed by atoms with E-state index in [1.165, 1.54) is 6.07 Å². The predicted octanol–water partition coefficient (Wildman–Crippen LogP) is -0.954. The van der Waals surface area contributed by atoms with E-state index in [2.05, 4.69) is 16.8 Å². The summed E-state index contributed by atoms with van der Waals surface area (Å²) in [6.45, 7) is 0. The summed E-state index contributed by atoms with van der Waals surface area (Å²) in [6.07, 6.45) is 3.44. The van der Waals surface area contributed by atoms with Crippen molar-refractivity contribution >= 4 is 11.1 Å². The maximum atomic E-state index is 13.7. The van der Waals surface area contributed by atoms with Gasteiger partial charge in [-0.1, -0.05) is 29.0 Å². The monoisotopic (exact) mass is 311 g/mol. The molecule has 1 aromatic carbocycles. The summed E-state index contributed by atoms with van der Waals surface area (Å²) in [5.74, 6) is 5.20. The topological polar surface area (TPSA) is 53.0 Å². The van der Waals surface area contributed by atoms with E-state index in [9.17, 15) is 13.2 Å². The average molecular weight is 311 g/mol. The van der Waals surface area contributed by atoms with Gasteiger partial charge >= 0.3 is 29.6 Å². The SMILES string of the molecule is O=S([O-])CCc1ccc(C#Cc2cccnc2)cc1F.[Na+]. The van der Waals surface area contributed by atoms with Crippen LogP contribution >= 0.6 is 0 Å². The number of hydrogen-bond acceptors (Lipinski definition) is 3. The van der Waals surface area contributed by atoms with Gasteiger partial charge in [0.05, 0.1) is 0 Å². The molecule has 0 radical (unpaired) electrons. The van der Waals surface area contributed by atoms with Crippen LogP contribution in [-0.2, 0) is 17.5 Å². The Balaban J connectivity index is 0.00000220. The standard InChI is InChI=1S/C15H12FNO2S.Na/c16-15-10-12(3-4-13-2-1-8-17-11-13)5-6-14(15)7-9-20(18)19;/h1-2,5-6,8,10-11H,7,9H2,(H,18,19);/q;+1/p-1. The van der Waals surface area contributed by atoms with Crippen LogP contribution < -0.4 is 29.6 Å². The van der Waals surface area contributed by atoms with Crippen molar-refractivity contribution in [3.63, 3.8) is 0 Å². The van der Waals surface area contributed by atoms with E-state index >= 15 is 0 Å². The Kier molecular flexibility index (Phi) is 7.79. The molecule has 0 saturated heterocycles. The maximum Gasteiger partial charge on any atom is 1.00 e. The fourth-order valence-electron chi connectivity index (χ4n) is 1.60. The fraction of sp³-hybridized carbons (Fsp3) is 0.133. The molecular formula is C15H11FNNaO2S. The zero-order valence-corrected chi connectivity index (χ0v) is 14.3. The van der Waals surface area contributed by atoms with Crippen LogP contribution in [0.3, 0.4) is 0 Å². The van der Waals surface area contributed by atoms with Gasteiger partial charge in [-0.2, -0.15) is 0 Å². The second kappa shape index (κ2) is 9.08. The maximum absolute atomic E-state index is 13.7. The van der Waals surface area contributed by atoms with Crippen LogP contribution in [0.4, 0.5) is 4.39 Å². The van der Waals surface area contributed by atoms with Crippen LogP contribution in [0.15, 0.2) is 42.7 Å². The molecule has 0 amide bonds. The van der Waals surface area contributed by atoms with Crippen molar-refractivity contribution in [1.82, 2.24) is 4.98 Å². The molecule has 0 aliphatic heterocycles. The van der Waals surface area contributed by atoms with Crippen molar-refractivity contribution in [2.75, 3.05) is 5.75 Å². The molecule has 0 bridgehead atoms. The van der Waals surface area contributed by atoms with Crippen LogP contribution in [0.5, 0.6) is 0 Å². The summed E-state index contributed by atoms with van der Waals surface area (Å²) in [5.41, 5.74) is 1.67. The molecule has 2 rings (SSSR count). The van der Waals surface area contributed by atoms with E-state index in [4.69, 9.17) is 0 Å². The first-order chi connectivity index (χ1) is 9.65. The first-order valence-corrected chi connectivity index (χ1v) is 7.16. The Morgan fingerprint density at radius 3 is 2.62 bits per heavy atom. The first kappa shape index (κ1) is 18.0. The molecular weight excluding hydrogens is 300 g/mol. The van der Waals surface area contributed by atoms with Gasteiger partial charge in [0, 0.05) is 29.3 Å². The second-order valence-electron chi connectivity index (χ2n) is 4.06. The van der Waals surface area contributed by atoms with Crippen molar-refractivity contribution in [2.45, 2.75) is 6.42 Å².